The summed E-state index contributed by atoms with van der Waals surface area (Å²) >= 11 is 5.93. The smallest absolute Gasteiger partial charge is 0.111 e. The van der Waals surface area contributed by atoms with Crippen molar-refractivity contribution in [2.75, 3.05) is 12.0 Å². The van der Waals surface area contributed by atoms with Crippen LogP contribution in [0.2, 0.25) is 0 Å². The van der Waals surface area contributed by atoms with E-state index < -0.39 is 13.4 Å². The van der Waals surface area contributed by atoms with E-state index in [1.165, 1.54) is 15.9 Å². The van der Waals surface area contributed by atoms with Gasteiger partial charge in [0, 0.05) is 5.88 Å². The summed E-state index contributed by atoms with van der Waals surface area (Å²) in [5.74, 6) is 0.133. The van der Waals surface area contributed by atoms with Gasteiger partial charge >= 0.3 is 0 Å². The molecule has 0 aliphatic rings. The molecule has 3 aromatic carbocycles. The average Bonchev–Trinajstić information content (AvgIpc) is 2.68. The molecule has 24 heavy (non-hydrogen) atoms. The second kappa shape index (κ2) is 7.94. The summed E-state index contributed by atoms with van der Waals surface area (Å²) in [6.45, 7) is 0. The van der Waals surface area contributed by atoms with E-state index in [0.717, 1.165) is 0 Å². The van der Waals surface area contributed by atoms with Crippen molar-refractivity contribution in [3.8, 4) is 0 Å². The Morgan fingerprint density at radius 2 is 1.00 bits per heavy atom. The van der Waals surface area contributed by atoms with Crippen molar-refractivity contribution in [2.24, 2.45) is 0 Å². The fraction of sp³-hybridized carbons (Fsp3) is 0.143. The van der Waals surface area contributed by atoms with Crippen molar-refractivity contribution in [3.63, 3.8) is 0 Å². The van der Waals surface area contributed by atoms with Crippen molar-refractivity contribution in [3.05, 3.63) is 91.0 Å². The lowest BCUT2D eigenvalue weighted by atomic mass is 10.3. The second-order valence-corrected chi connectivity index (χ2v) is 9.62. The zero-order chi connectivity index (χ0) is 16.8. The summed E-state index contributed by atoms with van der Waals surface area (Å²) in [7, 11) is -2.02. The molecule has 0 saturated carbocycles. The maximum Gasteiger partial charge on any atom is 0.111 e. The SMILES string of the molecule is [O-]C(CCl)C[P+](c1ccccc1)(c1ccccc1)c1ccccc1. The Kier molecular flexibility index (Phi) is 5.68. The highest BCUT2D eigenvalue weighted by atomic mass is 35.5. The van der Waals surface area contributed by atoms with Crippen LogP contribution in [0.25, 0.3) is 0 Å². The molecule has 3 heteroatoms. The summed E-state index contributed by atoms with van der Waals surface area (Å²) in [6, 6.07) is 31.3. The van der Waals surface area contributed by atoms with Gasteiger partial charge in [0.2, 0.25) is 0 Å². The molecule has 0 amide bonds. The van der Waals surface area contributed by atoms with E-state index in [-0.39, 0.29) is 5.88 Å². The largest absolute Gasteiger partial charge is 0.849 e. The summed E-state index contributed by atoms with van der Waals surface area (Å²) in [5, 5.41) is 16.2. The van der Waals surface area contributed by atoms with E-state index in [2.05, 4.69) is 72.8 Å². The molecule has 3 rings (SSSR count). The van der Waals surface area contributed by atoms with Crippen LogP contribution in [0.5, 0.6) is 0 Å². The fourth-order valence-electron chi connectivity index (χ4n) is 3.17. The molecular formula is C21H20ClOP. The van der Waals surface area contributed by atoms with Gasteiger partial charge < -0.3 is 5.11 Å². The highest BCUT2D eigenvalue weighted by Crippen LogP contribution is 2.55. The normalized spacial score (nSPS) is 12.8. The van der Waals surface area contributed by atoms with E-state index in [4.69, 9.17) is 11.6 Å². The first-order chi connectivity index (χ1) is 11.8. The van der Waals surface area contributed by atoms with Crippen molar-refractivity contribution >= 4 is 34.8 Å². The van der Waals surface area contributed by atoms with Crippen LogP contribution < -0.4 is 21.0 Å². The van der Waals surface area contributed by atoms with Gasteiger partial charge in [-0.2, -0.15) is 0 Å². The topological polar surface area (TPSA) is 23.1 Å². The molecule has 122 valence electrons. The lowest BCUT2D eigenvalue weighted by Gasteiger charge is -2.32. The highest BCUT2D eigenvalue weighted by molar-refractivity contribution is 7.95. The monoisotopic (exact) mass is 354 g/mol. The molecule has 0 aliphatic carbocycles. The van der Waals surface area contributed by atoms with Crippen LogP contribution in [0.4, 0.5) is 0 Å². The molecule has 0 spiro atoms. The molecular weight excluding hydrogens is 335 g/mol. The van der Waals surface area contributed by atoms with Crippen molar-refractivity contribution in [2.45, 2.75) is 6.10 Å². The molecule has 0 saturated heterocycles. The number of hydrogen-bond acceptors (Lipinski definition) is 1. The van der Waals surface area contributed by atoms with Crippen LogP contribution in [0.1, 0.15) is 0 Å². The van der Waals surface area contributed by atoms with Crippen LogP contribution in [0.3, 0.4) is 0 Å². The molecule has 0 N–H and O–H groups in total. The Labute approximate surface area is 149 Å². The third-order valence-corrected chi connectivity index (χ3v) is 9.08. The number of hydrogen-bond donors (Lipinski definition) is 0. The van der Waals surface area contributed by atoms with Gasteiger partial charge in [-0.25, -0.2) is 0 Å². The quantitative estimate of drug-likeness (QED) is 0.493. The molecule has 0 aliphatic heterocycles. The maximum absolute atomic E-state index is 12.5. The standard InChI is InChI=1S/C21H20ClOP/c22-16-18(23)17-24(19-10-4-1-5-11-19,20-12-6-2-7-13-20)21-14-8-3-9-15-21/h1-15,18H,16-17H2. The van der Waals surface area contributed by atoms with Gasteiger partial charge in [0.25, 0.3) is 0 Å². The third-order valence-electron chi connectivity index (χ3n) is 4.24. The van der Waals surface area contributed by atoms with Crippen LogP contribution >= 0.6 is 18.9 Å². The second-order valence-electron chi connectivity index (χ2n) is 5.78. The fourth-order valence-corrected chi connectivity index (χ4v) is 7.74. The third kappa shape index (κ3) is 3.39. The summed E-state index contributed by atoms with van der Waals surface area (Å²) in [4.78, 5) is 0. The lowest BCUT2D eigenvalue weighted by Crippen LogP contribution is -2.42. The molecule has 0 radical (unpaired) electrons. The van der Waals surface area contributed by atoms with Crippen molar-refractivity contribution < 1.29 is 5.11 Å². The summed E-state index contributed by atoms with van der Waals surface area (Å²) < 4.78 is 0. The van der Waals surface area contributed by atoms with Gasteiger partial charge in [0.05, 0.1) is 6.16 Å². The van der Waals surface area contributed by atoms with E-state index >= 15 is 0 Å². The molecule has 0 aromatic heterocycles. The molecule has 0 bridgehead atoms. The van der Waals surface area contributed by atoms with Crippen LogP contribution in [-0.2, 0) is 0 Å². The molecule has 1 atom stereocenters. The Bertz CT molecular complexity index is 650. The van der Waals surface area contributed by atoms with E-state index in [1.807, 2.05) is 18.2 Å². The molecule has 1 unspecified atom stereocenters. The van der Waals surface area contributed by atoms with Gasteiger partial charge in [-0.1, -0.05) is 60.7 Å². The predicted octanol–water partition coefficient (Wildman–Crippen LogP) is 2.95. The van der Waals surface area contributed by atoms with Gasteiger partial charge in [0.15, 0.2) is 0 Å². The first kappa shape index (κ1) is 17.2. The zero-order valence-electron chi connectivity index (χ0n) is 13.4. The predicted molar refractivity (Wildman–Crippen MR) is 105 cm³/mol. The number of halogens is 1. The number of benzene rings is 3. The minimum Gasteiger partial charge on any atom is -0.849 e. The van der Waals surface area contributed by atoms with Gasteiger partial charge in [-0.15, -0.1) is 11.6 Å². The Hall–Kier alpha value is -1.66. The maximum atomic E-state index is 12.5. The molecule has 0 fully saturated rings. The zero-order valence-corrected chi connectivity index (χ0v) is 15.0. The molecule has 0 heterocycles. The van der Waals surface area contributed by atoms with Gasteiger partial charge in [-0.05, 0) is 36.4 Å². The van der Waals surface area contributed by atoms with Crippen LogP contribution in [-0.4, -0.2) is 18.1 Å². The molecule has 3 aromatic rings. The number of rotatable bonds is 6. The first-order valence-corrected chi connectivity index (χ1v) is 10.5. The average molecular weight is 355 g/mol. The Balaban J connectivity index is 2.28. The Morgan fingerprint density at radius 3 is 1.29 bits per heavy atom. The van der Waals surface area contributed by atoms with Crippen molar-refractivity contribution in [1.82, 2.24) is 0 Å². The van der Waals surface area contributed by atoms with Crippen LogP contribution in [0, 0.1) is 0 Å². The van der Waals surface area contributed by atoms with Gasteiger partial charge in [-0.3, -0.25) is 0 Å². The van der Waals surface area contributed by atoms with E-state index in [0.29, 0.717) is 6.16 Å². The van der Waals surface area contributed by atoms with Crippen LogP contribution in [0.15, 0.2) is 91.0 Å². The Morgan fingerprint density at radius 1 is 0.667 bits per heavy atom. The number of alkyl halides is 1. The first-order valence-electron chi connectivity index (χ1n) is 8.04. The summed E-state index contributed by atoms with van der Waals surface area (Å²) in [6.07, 6.45) is -0.255. The molecule has 1 nitrogen and oxygen atoms in total. The minimum absolute atomic E-state index is 0.133. The minimum atomic E-state index is -2.02. The van der Waals surface area contributed by atoms with E-state index in [1.54, 1.807) is 0 Å². The summed E-state index contributed by atoms with van der Waals surface area (Å²) in [5.41, 5.74) is 0. The van der Waals surface area contributed by atoms with Crippen molar-refractivity contribution in [1.29, 1.82) is 0 Å². The van der Waals surface area contributed by atoms with E-state index in [9.17, 15) is 5.11 Å². The van der Waals surface area contributed by atoms with Gasteiger partial charge in [0.1, 0.15) is 23.2 Å². The lowest BCUT2D eigenvalue weighted by molar-refractivity contribution is -0.404. The highest BCUT2D eigenvalue weighted by Gasteiger charge is 2.44.